The highest BCUT2D eigenvalue weighted by Gasteiger charge is 2.24. The molecular weight excluding hydrogens is 452 g/mol. The quantitative estimate of drug-likeness (QED) is 0.524. The molecule has 12 nitrogen and oxygen atoms in total. The van der Waals surface area contributed by atoms with Gasteiger partial charge in [-0.2, -0.15) is 4.98 Å². The Morgan fingerprint density at radius 2 is 1.83 bits per heavy atom. The van der Waals surface area contributed by atoms with Crippen molar-refractivity contribution in [3.63, 3.8) is 0 Å². The third-order valence-corrected chi connectivity index (χ3v) is 6.02. The van der Waals surface area contributed by atoms with E-state index in [0.29, 0.717) is 50.5 Å². The fourth-order valence-electron chi connectivity index (χ4n) is 4.15. The zero-order valence-corrected chi connectivity index (χ0v) is 19.7. The van der Waals surface area contributed by atoms with E-state index in [2.05, 4.69) is 25.8 Å². The van der Waals surface area contributed by atoms with Crippen molar-refractivity contribution in [3.8, 4) is 0 Å². The topological polar surface area (TPSA) is 156 Å². The van der Waals surface area contributed by atoms with Crippen LogP contribution >= 0.6 is 0 Å². The molecule has 0 radical (unpaired) electrons. The zero-order chi connectivity index (χ0) is 24.8. The molecule has 0 spiro atoms. The number of nitrogens with one attached hydrogen (secondary N) is 2. The molecule has 1 aromatic carbocycles. The Balaban J connectivity index is 1.46. The van der Waals surface area contributed by atoms with Crippen molar-refractivity contribution < 1.29 is 19.1 Å². The van der Waals surface area contributed by atoms with Crippen LogP contribution in [0.3, 0.4) is 0 Å². The van der Waals surface area contributed by atoms with E-state index in [-0.39, 0.29) is 35.3 Å². The van der Waals surface area contributed by atoms with Gasteiger partial charge in [0.2, 0.25) is 11.9 Å². The third kappa shape index (κ3) is 6.01. The van der Waals surface area contributed by atoms with Gasteiger partial charge in [0.25, 0.3) is 11.8 Å². The number of likely N-dealkylation sites (tertiary alicyclic amines) is 1. The van der Waals surface area contributed by atoms with Crippen molar-refractivity contribution in [2.75, 3.05) is 50.0 Å². The lowest BCUT2D eigenvalue weighted by Crippen LogP contribution is -2.45. The second-order valence-electron chi connectivity index (χ2n) is 8.48. The predicted octanol–water partition coefficient (Wildman–Crippen LogP) is 0.999. The van der Waals surface area contributed by atoms with Gasteiger partial charge in [-0.3, -0.25) is 14.4 Å². The van der Waals surface area contributed by atoms with Crippen LogP contribution in [0.15, 0.2) is 24.3 Å². The van der Waals surface area contributed by atoms with Crippen LogP contribution in [0.5, 0.6) is 0 Å². The van der Waals surface area contributed by atoms with Crippen LogP contribution in [0, 0.1) is 0 Å². The lowest BCUT2D eigenvalue weighted by molar-refractivity contribution is -0.131. The maximum absolute atomic E-state index is 12.7. The summed E-state index contributed by atoms with van der Waals surface area (Å²) in [5.74, 6) is -0.337. The molecule has 1 unspecified atom stereocenters. The Labute approximate surface area is 203 Å². The van der Waals surface area contributed by atoms with Gasteiger partial charge in [-0.25, -0.2) is 0 Å². The summed E-state index contributed by atoms with van der Waals surface area (Å²) in [6.45, 7) is 5.33. The molecule has 12 heteroatoms. The third-order valence-electron chi connectivity index (χ3n) is 6.02. The van der Waals surface area contributed by atoms with E-state index in [1.807, 2.05) is 11.8 Å². The van der Waals surface area contributed by atoms with Gasteiger partial charge in [-0.05, 0) is 37.1 Å². The number of anilines is 3. The number of primary amides is 1. The average Bonchev–Trinajstić information content (AvgIpc) is 2.89. The first kappa shape index (κ1) is 24.3. The summed E-state index contributed by atoms with van der Waals surface area (Å²) >= 11 is 0. The number of rotatable bonds is 7. The monoisotopic (exact) mass is 482 g/mol. The molecular formula is C23H30N8O4. The first-order valence-corrected chi connectivity index (χ1v) is 11.8. The van der Waals surface area contributed by atoms with Gasteiger partial charge in [0.05, 0.1) is 13.2 Å². The molecule has 1 atom stereocenters. The van der Waals surface area contributed by atoms with E-state index in [0.717, 1.165) is 19.4 Å². The van der Waals surface area contributed by atoms with Gasteiger partial charge >= 0.3 is 0 Å². The Bertz CT molecular complexity index is 1070. The normalized spacial score (nSPS) is 18.1. The maximum atomic E-state index is 12.7. The second-order valence-corrected chi connectivity index (χ2v) is 8.48. The van der Waals surface area contributed by atoms with Gasteiger partial charge in [0.1, 0.15) is 0 Å². The number of nitrogens with zero attached hydrogens (tertiary/aromatic N) is 5. The minimum Gasteiger partial charge on any atom is -0.378 e. The lowest BCUT2D eigenvalue weighted by Gasteiger charge is -2.33. The van der Waals surface area contributed by atoms with E-state index in [1.165, 1.54) is 0 Å². The number of hydrogen-bond donors (Lipinski definition) is 3. The number of aromatic nitrogens is 3. The van der Waals surface area contributed by atoms with Gasteiger partial charge in [0.15, 0.2) is 11.5 Å². The fraction of sp³-hybridized carbons (Fsp3) is 0.478. The van der Waals surface area contributed by atoms with Crippen LogP contribution in [-0.2, 0) is 9.53 Å². The summed E-state index contributed by atoms with van der Waals surface area (Å²) in [7, 11) is 0. The van der Waals surface area contributed by atoms with E-state index >= 15 is 0 Å². The highest BCUT2D eigenvalue weighted by atomic mass is 16.5. The molecule has 3 amide bonds. The summed E-state index contributed by atoms with van der Waals surface area (Å²) in [6.07, 6.45) is 2.19. The molecule has 2 fully saturated rings. The summed E-state index contributed by atoms with van der Waals surface area (Å²) < 4.78 is 5.30. The molecule has 2 aromatic rings. The number of benzene rings is 1. The Kier molecular flexibility index (Phi) is 7.70. The average molecular weight is 483 g/mol. The SMILES string of the molecule is CCC(=O)N1CCCC(Nc2nnc(C(N)=O)c(Nc3ccc(C(=O)N4CCOCC4)cc3)n2)C1. The van der Waals surface area contributed by atoms with Crippen LogP contribution in [0.25, 0.3) is 0 Å². The van der Waals surface area contributed by atoms with E-state index in [4.69, 9.17) is 10.5 Å². The number of nitrogens with two attached hydrogens (primary N) is 1. The highest BCUT2D eigenvalue weighted by molar-refractivity contribution is 5.97. The van der Waals surface area contributed by atoms with Gasteiger partial charge < -0.3 is 30.9 Å². The maximum Gasteiger partial charge on any atom is 0.273 e. The van der Waals surface area contributed by atoms with Crippen LogP contribution in [0.4, 0.5) is 17.5 Å². The standard InChI is InChI=1S/C23H30N8O4/c1-2-18(32)31-9-3-4-17(14-31)26-23-27-21(19(20(24)33)28-29-23)25-16-7-5-15(6-8-16)22(34)30-10-12-35-13-11-30/h5-8,17H,2-4,9-14H2,1H3,(H2,24,33)(H2,25,26,27,29). The number of carbonyl (C=O) groups is 3. The van der Waals surface area contributed by atoms with Crippen molar-refractivity contribution in [2.45, 2.75) is 32.2 Å². The number of hydrogen-bond acceptors (Lipinski definition) is 9. The van der Waals surface area contributed by atoms with Crippen molar-refractivity contribution in [2.24, 2.45) is 5.73 Å². The molecule has 2 saturated heterocycles. The first-order valence-electron chi connectivity index (χ1n) is 11.8. The minimum atomic E-state index is -0.768. The number of amides is 3. The first-order chi connectivity index (χ1) is 16.9. The van der Waals surface area contributed by atoms with Gasteiger partial charge in [-0.1, -0.05) is 6.92 Å². The fourth-order valence-corrected chi connectivity index (χ4v) is 4.15. The Morgan fingerprint density at radius 3 is 2.51 bits per heavy atom. The van der Waals surface area contributed by atoms with Gasteiger partial charge in [0, 0.05) is 49.9 Å². The molecule has 0 aliphatic carbocycles. The van der Waals surface area contributed by atoms with E-state index in [9.17, 15) is 14.4 Å². The molecule has 3 heterocycles. The van der Waals surface area contributed by atoms with Crippen molar-refractivity contribution >= 4 is 35.2 Å². The zero-order valence-electron chi connectivity index (χ0n) is 19.7. The second kappa shape index (κ2) is 11.1. The molecule has 0 bridgehead atoms. The molecule has 35 heavy (non-hydrogen) atoms. The number of morpholine rings is 1. The predicted molar refractivity (Wildman–Crippen MR) is 128 cm³/mol. The molecule has 1 aromatic heterocycles. The molecule has 4 N–H and O–H groups in total. The largest absolute Gasteiger partial charge is 0.378 e. The lowest BCUT2D eigenvalue weighted by atomic mass is 10.1. The Hall–Kier alpha value is -3.80. The molecule has 2 aliphatic heterocycles. The molecule has 186 valence electrons. The Morgan fingerprint density at radius 1 is 1.09 bits per heavy atom. The molecule has 4 rings (SSSR count). The van der Waals surface area contributed by atoms with Gasteiger partial charge in [-0.15, -0.1) is 10.2 Å². The van der Waals surface area contributed by atoms with Crippen LogP contribution in [-0.4, -0.2) is 88.1 Å². The van der Waals surface area contributed by atoms with E-state index in [1.54, 1.807) is 29.2 Å². The number of carbonyl (C=O) groups excluding carboxylic acids is 3. The minimum absolute atomic E-state index is 0.0289. The number of piperidine rings is 1. The molecule has 2 aliphatic rings. The number of ether oxygens (including phenoxy) is 1. The summed E-state index contributed by atoms with van der Waals surface area (Å²) in [5.41, 5.74) is 6.53. The van der Waals surface area contributed by atoms with Crippen LogP contribution in [0.1, 0.15) is 47.0 Å². The van der Waals surface area contributed by atoms with E-state index < -0.39 is 5.91 Å². The van der Waals surface area contributed by atoms with Crippen LogP contribution in [0.2, 0.25) is 0 Å². The molecule has 0 saturated carbocycles. The smallest absolute Gasteiger partial charge is 0.273 e. The highest BCUT2D eigenvalue weighted by Crippen LogP contribution is 2.21. The van der Waals surface area contributed by atoms with Crippen LogP contribution < -0.4 is 16.4 Å². The van der Waals surface area contributed by atoms with Crippen molar-refractivity contribution in [3.05, 3.63) is 35.5 Å². The summed E-state index contributed by atoms with van der Waals surface area (Å²) in [4.78, 5) is 44.6. The van der Waals surface area contributed by atoms with Crippen molar-refractivity contribution in [1.29, 1.82) is 0 Å². The summed E-state index contributed by atoms with van der Waals surface area (Å²) in [6, 6.07) is 6.84. The van der Waals surface area contributed by atoms with Crippen molar-refractivity contribution in [1.82, 2.24) is 25.0 Å². The summed E-state index contributed by atoms with van der Waals surface area (Å²) in [5, 5.41) is 14.2.